The molecule has 0 fully saturated rings. The number of hydrogen-bond donors (Lipinski definition) is 1. The summed E-state index contributed by atoms with van der Waals surface area (Å²) in [6, 6.07) is 5.51. The summed E-state index contributed by atoms with van der Waals surface area (Å²) in [6.07, 6.45) is 8.33. The molecule has 1 aliphatic rings. The van der Waals surface area contributed by atoms with Crippen molar-refractivity contribution in [3.8, 4) is 5.75 Å². The molecule has 0 aromatic heterocycles. The van der Waals surface area contributed by atoms with Gasteiger partial charge in [0.1, 0.15) is 5.75 Å². The molecule has 1 nitrogen and oxygen atoms in total. The molecule has 0 saturated carbocycles. The molecule has 0 amide bonds. The van der Waals surface area contributed by atoms with Crippen molar-refractivity contribution >= 4 is 3.81 Å². The van der Waals surface area contributed by atoms with Gasteiger partial charge in [0.2, 0.25) is 0 Å². The second-order valence-electron chi connectivity index (χ2n) is 4.81. The minimum atomic E-state index is 0. The van der Waals surface area contributed by atoms with Gasteiger partial charge in [0.05, 0.1) is 0 Å². The van der Waals surface area contributed by atoms with Crippen LogP contribution in [0.15, 0.2) is 35.9 Å². The Morgan fingerprint density at radius 1 is 1.05 bits per heavy atom. The quantitative estimate of drug-likeness (QED) is 0.438. The predicted molar refractivity (Wildman–Crippen MR) is 80.1 cm³/mol. The van der Waals surface area contributed by atoms with Crippen LogP contribution in [0.4, 0.5) is 0 Å². The molecule has 4 heteroatoms. The van der Waals surface area contributed by atoms with E-state index in [1.165, 1.54) is 9.38 Å². The molecule has 0 aliphatic heterocycles. The Bertz CT molecular complexity index is 422. The van der Waals surface area contributed by atoms with Crippen LogP contribution in [0.3, 0.4) is 0 Å². The number of halogens is 2. The van der Waals surface area contributed by atoms with Crippen LogP contribution < -0.4 is 24.8 Å². The third-order valence-corrected chi connectivity index (χ3v) is 2.07. The zero-order valence-electron chi connectivity index (χ0n) is 13.3. The van der Waals surface area contributed by atoms with Crippen LogP contribution in [0.2, 0.25) is 0 Å². The van der Waals surface area contributed by atoms with Crippen molar-refractivity contribution in [2.75, 3.05) is 0 Å². The monoisotopic (exact) mass is 361 g/mol. The molecule has 0 radical (unpaired) electrons. The first-order chi connectivity index (χ1) is 8.81. The fraction of sp³-hybridized carbons (Fsp3) is 0.353. The fourth-order valence-electron chi connectivity index (χ4n) is 1.47. The van der Waals surface area contributed by atoms with E-state index in [0.717, 1.165) is 17.5 Å². The van der Waals surface area contributed by atoms with Gasteiger partial charge in [0.15, 0.2) is 0 Å². The van der Waals surface area contributed by atoms with Crippen molar-refractivity contribution in [3.05, 3.63) is 53.1 Å². The SMILES string of the molecule is CC1=[C-]CC=C1.C[C](C)=[Ti+].Cc1cc(C)cc(O)c1.[Cl-].[Cl-]. The minimum Gasteiger partial charge on any atom is -1.00 e. The summed E-state index contributed by atoms with van der Waals surface area (Å²) in [5.41, 5.74) is 3.48. The van der Waals surface area contributed by atoms with Crippen LogP contribution in [0.1, 0.15) is 38.3 Å². The van der Waals surface area contributed by atoms with Gasteiger partial charge < -0.3 is 29.9 Å². The first-order valence-electron chi connectivity index (χ1n) is 6.34. The molecule has 1 aromatic rings. The number of hydrogen-bond acceptors (Lipinski definition) is 1. The van der Waals surface area contributed by atoms with Gasteiger partial charge in [-0.3, -0.25) is 6.08 Å². The van der Waals surface area contributed by atoms with Crippen molar-refractivity contribution in [3.63, 3.8) is 0 Å². The van der Waals surface area contributed by atoms with Crippen molar-refractivity contribution in [2.24, 2.45) is 0 Å². The van der Waals surface area contributed by atoms with Crippen molar-refractivity contribution in [1.29, 1.82) is 0 Å². The average molecular weight is 362 g/mol. The van der Waals surface area contributed by atoms with Gasteiger partial charge in [-0.25, -0.2) is 11.6 Å². The topological polar surface area (TPSA) is 20.2 Å². The van der Waals surface area contributed by atoms with E-state index in [1.807, 2.05) is 19.9 Å². The molecule has 0 spiro atoms. The molecule has 117 valence electrons. The molecule has 0 heterocycles. The largest absolute Gasteiger partial charge is 1.00 e. The van der Waals surface area contributed by atoms with Crippen LogP contribution in [-0.2, 0) is 20.0 Å². The number of rotatable bonds is 0. The number of phenolic OH excluding ortho intramolecular Hbond substituents is 1. The average Bonchev–Trinajstić information content (AvgIpc) is 2.66. The second-order valence-corrected chi connectivity index (χ2v) is 6.37. The van der Waals surface area contributed by atoms with Gasteiger partial charge in [-0.05, 0) is 37.1 Å². The Morgan fingerprint density at radius 2 is 1.48 bits per heavy atom. The molecule has 0 atom stereocenters. The van der Waals surface area contributed by atoms with E-state index in [4.69, 9.17) is 5.11 Å². The summed E-state index contributed by atoms with van der Waals surface area (Å²) in [6.45, 7) is 10.2. The summed E-state index contributed by atoms with van der Waals surface area (Å²) >= 11 is 2.08. The van der Waals surface area contributed by atoms with Crippen molar-refractivity contribution < 1.29 is 49.9 Å². The Morgan fingerprint density at radius 3 is 1.67 bits per heavy atom. The maximum atomic E-state index is 8.99. The molecule has 1 aliphatic carbocycles. The molecule has 0 saturated heterocycles. The van der Waals surface area contributed by atoms with Crippen molar-refractivity contribution in [2.45, 2.75) is 41.0 Å². The van der Waals surface area contributed by atoms with Crippen LogP contribution in [0.5, 0.6) is 5.75 Å². The van der Waals surface area contributed by atoms with Gasteiger partial charge in [0, 0.05) is 0 Å². The van der Waals surface area contributed by atoms with Crippen molar-refractivity contribution in [1.82, 2.24) is 0 Å². The summed E-state index contributed by atoms with van der Waals surface area (Å²) < 4.78 is 1.42. The van der Waals surface area contributed by atoms with E-state index < -0.39 is 0 Å². The van der Waals surface area contributed by atoms with E-state index in [9.17, 15) is 0 Å². The summed E-state index contributed by atoms with van der Waals surface area (Å²) in [7, 11) is 0. The van der Waals surface area contributed by atoms with Gasteiger partial charge >= 0.3 is 37.6 Å². The zero-order chi connectivity index (χ0) is 14.8. The van der Waals surface area contributed by atoms with Crippen LogP contribution >= 0.6 is 0 Å². The number of benzene rings is 1. The Balaban J connectivity index is -0.000000239. The number of aromatic hydroxyl groups is 1. The Hall–Kier alpha value is -0.336. The third kappa shape index (κ3) is 17.6. The van der Waals surface area contributed by atoms with E-state index in [0.29, 0.717) is 5.75 Å². The van der Waals surface area contributed by atoms with Gasteiger partial charge in [0.25, 0.3) is 0 Å². The molecule has 21 heavy (non-hydrogen) atoms. The molecule has 1 aromatic carbocycles. The standard InChI is InChI=1S/C8H10O.C6H7.C3H6.2ClH.Ti/c1-6-3-7(2)5-8(9)4-6;1-6-4-2-3-5-6;1-3-2;;;/h3-5,9H,1-2H3;2,4H,3H2,1H3;1-2H3;2*1H;/q;-1;;;;+1/p-2. The minimum absolute atomic E-state index is 0. The first-order valence-corrected chi connectivity index (χ1v) is 7.12. The van der Waals surface area contributed by atoms with Crippen LogP contribution in [0.25, 0.3) is 0 Å². The molecular formula is C17H23Cl2OTi-2. The summed E-state index contributed by atoms with van der Waals surface area (Å²) in [4.78, 5) is 0. The smallest absolute Gasteiger partial charge is 0.116 e. The second kappa shape index (κ2) is 14.6. The fourth-order valence-corrected chi connectivity index (χ4v) is 1.47. The number of allylic oxidation sites excluding steroid dienone is 4. The number of phenols is 1. The maximum Gasteiger partial charge on any atom is 0.116 e. The normalized spacial score (nSPS) is 10.7. The molecule has 1 N–H and O–H groups in total. The molecule has 0 unspecified atom stereocenters. The van der Waals surface area contributed by atoms with Gasteiger partial charge in [-0.1, -0.05) is 13.0 Å². The number of aryl methyl sites for hydroxylation is 2. The Labute approximate surface area is 153 Å². The molecule has 0 bridgehead atoms. The maximum absolute atomic E-state index is 8.99. The van der Waals surface area contributed by atoms with E-state index in [2.05, 4.69) is 59.0 Å². The van der Waals surface area contributed by atoms with E-state index >= 15 is 0 Å². The van der Waals surface area contributed by atoms with E-state index in [1.54, 1.807) is 12.1 Å². The van der Waals surface area contributed by atoms with Crippen LogP contribution in [0, 0.1) is 19.9 Å². The summed E-state index contributed by atoms with van der Waals surface area (Å²) in [5.74, 6) is 0.354. The van der Waals surface area contributed by atoms with Crippen LogP contribution in [-0.4, -0.2) is 8.92 Å². The zero-order valence-corrected chi connectivity index (χ0v) is 16.4. The Kier molecular flexibility index (Phi) is 17.8. The van der Waals surface area contributed by atoms with E-state index in [-0.39, 0.29) is 24.8 Å². The van der Waals surface area contributed by atoms with Gasteiger partial charge in [-0.2, -0.15) is 6.08 Å². The predicted octanol–water partition coefficient (Wildman–Crippen LogP) is -1.54. The first kappa shape index (κ1) is 25.6. The summed E-state index contributed by atoms with van der Waals surface area (Å²) in [5, 5.41) is 8.99. The third-order valence-electron chi connectivity index (χ3n) is 2.07. The molecule has 2 rings (SSSR count). The van der Waals surface area contributed by atoms with Gasteiger partial charge in [-0.15, -0.1) is 6.42 Å². The molecular weight excluding hydrogens is 339 g/mol.